The molecule has 0 radical (unpaired) electrons. The Balaban J connectivity index is 1.25. The molecular formula is C39H47ClN4O6Si. The third-order valence-corrected chi connectivity index (χ3v) is 16.4. The van der Waals surface area contributed by atoms with Crippen LogP contribution in [0.4, 0.5) is 11.4 Å². The summed E-state index contributed by atoms with van der Waals surface area (Å²) in [7, 11) is -0.815. The summed E-state index contributed by atoms with van der Waals surface area (Å²) in [6.45, 7) is 9.19. The highest BCUT2D eigenvalue weighted by molar-refractivity contribution is 6.91. The lowest BCUT2D eigenvalue weighted by atomic mass is 9.82. The van der Waals surface area contributed by atoms with Crippen LogP contribution < -0.4 is 25.0 Å². The van der Waals surface area contributed by atoms with Crippen LogP contribution in [0.3, 0.4) is 0 Å². The van der Waals surface area contributed by atoms with E-state index >= 15 is 4.79 Å². The first-order valence-corrected chi connectivity index (χ1v) is 21.4. The highest BCUT2D eigenvalue weighted by atomic mass is 35.5. The number of methoxy groups -OCH3 is 1. The molecule has 51 heavy (non-hydrogen) atoms. The van der Waals surface area contributed by atoms with Crippen molar-refractivity contribution in [2.45, 2.75) is 69.1 Å². The standard InChI is InChI=1S/C39H47ClN4O6Si/c1-25-37(51(3,4)31-14-12-30(49-2)13-15-31)34(21-35(46)42-18-5-6-29(42)24-45)50-39(25)32-20-27(40)9-16-33(32)44(38(39)48)23-26-7-10-28(11-8-26)43-19-17-41-22-36(43)47/h7-16,20,25,29,34,37,41,45H,5-6,17-19,21-24H2,1-4H3/t25-,29-,34+,37-,39+/m0/s1. The normalized spacial score (nSPS) is 26.4. The van der Waals surface area contributed by atoms with Crippen LogP contribution in [-0.4, -0.2) is 87.8 Å². The lowest BCUT2D eigenvalue weighted by molar-refractivity contribution is -0.150. The molecule has 3 amide bonds. The molecule has 12 heteroatoms. The van der Waals surface area contributed by atoms with Gasteiger partial charge in [-0.1, -0.05) is 61.1 Å². The summed E-state index contributed by atoms with van der Waals surface area (Å²) in [5, 5.41) is 14.8. The minimum atomic E-state index is -2.46. The number of likely N-dealkylation sites (tertiary alicyclic amines) is 1. The number of nitrogens with one attached hydrogen (secondary N) is 1. The minimum Gasteiger partial charge on any atom is -0.497 e. The Morgan fingerprint density at radius 3 is 2.51 bits per heavy atom. The Morgan fingerprint density at radius 1 is 1.08 bits per heavy atom. The molecule has 0 aromatic heterocycles. The Hall–Kier alpha value is -3.74. The molecule has 4 aliphatic rings. The second-order valence-corrected chi connectivity index (χ2v) is 20.0. The van der Waals surface area contributed by atoms with Crippen molar-refractivity contribution in [1.82, 2.24) is 10.2 Å². The number of carbonyl (C=O) groups excluding carboxylic acids is 3. The van der Waals surface area contributed by atoms with Gasteiger partial charge >= 0.3 is 0 Å². The average molecular weight is 731 g/mol. The average Bonchev–Trinajstić information content (AvgIpc) is 3.79. The summed E-state index contributed by atoms with van der Waals surface area (Å²) in [6.07, 6.45) is 1.21. The van der Waals surface area contributed by atoms with Crippen molar-refractivity contribution in [3.8, 4) is 5.75 Å². The van der Waals surface area contributed by atoms with Crippen molar-refractivity contribution < 1.29 is 29.0 Å². The third-order valence-electron chi connectivity index (χ3n) is 11.8. The van der Waals surface area contributed by atoms with Gasteiger partial charge in [0, 0.05) is 41.8 Å². The fourth-order valence-electron chi connectivity index (χ4n) is 9.13. The quantitative estimate of drug-likeness (QED) is 0.314. The Morgan fingerprint density at radius 2 is 1.82 bits per heavy atom. The molecule has 10 nitrogen and oxygen atoms in total. The molecule has 3 fully saturated rings. The second kappa shape index (κ2) is 14.0. The molecule has 4 heterocycles. The maximum absolute atomic E-state index is 15.1. The summed E-state index contributed by atoms with van der Waals surface area (Å²) in [5.41, 5.74) is 1.75. The topological polar surface area (TPSA) is 112 Å². The van der Waals surface area contributed by atoms with Gasteiger partial charge in [-0.25, -0.2) is 0 Å². The summed E-state index contributed by atoms with van der Waals surface area (Å²) in [4.78, 5) is 47.0. The van der Waals surface area contributed by atoms with Gasteiger partial charge in [-0.3, -0.25) is 14.4 Å². The van der Waals surface area contributed by atoms with Gasteiger partial charge in [0.2, 0.25) is 11.8 Å². The molecule has 1 spiro atoms. The number of amides is 3. The van der Waals surface area contributed by atoms with Gasteiger partial charge in [-0.15, -0.1) is 0 Å². The zero-order valence-electron chi connectivity index (χ0n) is 29.7. The second-order valence-electron chi connectivity index (χ2n) is 14.9. The number of hydrogen-bond acceptors (Lipinski definition) is 7. The molecule has 3 aromatic rings. The van der Waals surface area contributed by atoms with Crippen LogP contribution in [0.1, 0.15) is 37.3 Å². The zero-order chi connectivity index (χ0) is 36.1. The van der Waals surface area contributed by atoms with Crippen LogP contribution >= 0.6 is 11.6 Å². The van der Waals surface area contributed by atoms with Crippen molar-refractivity contribution in [2.24, 2.45) is 5.92 Å². The van der Waals surface area contributed by atoms with E-state index in [-0.39, 0.29) is 48.3 Å². The number of aliphatic hydroxyl groups is 1. The fourth-order valence-corrected chi connectivity index (χ4v) is 13.3. The fraction of sp³-hybridized carbons (Fsp3) is 0.462. The zero-order valence-corrected chi connectivity index (χ0v) is 31.5. The monoisotopic (exact) mass is 730 g/mol. The maximum atomic E-state index is 15.1. The van der Waals surface area contributed by atoms with Crippen molar-refractivity contribution >= 4 is 54.0 Å². The van der Waals surface area contributed by atoms with Gasteiger partial charge < -0.3 is 34.6 Å². The highest BCUT2D eigenvalue weighted by Gasteiger charge is 2.66. The van der Waals surface area contributed by atoms with Gasteiger partial charge in [0.05, 0.1) is 59.1 Å². The largest absolute Gasteiger partial charge is 0.497 e. The number of nitrogens with zero attached hydrogens (tertiary/aromatic N) is 3. The Kier molecular flexibility index (Phi) is 9.79. The number of rotatable bonds is 9. The first-order chi connectivity index (χ1) is 24.5. The van der Waals surface area contributed by atoms with Crippen molar-refractivity contribution in [1.29, 1.82) is 0 Å². The number of hydrogen-bond donors (Lipinski definition) is 2. The van der Waals surface area contributed by atoms with Crippen molar-refractivity contribution in [3.63, 3.8) is 0 Å². The molecule has 0 aliphatic carbocycles. The SMILES string of the molecule is COc1ccc([Si](C)(C)[C@@H]2[C@@H](CC(=O)N3CCC[C@H]3CO)O[C@]3(C(=O)N(Cc4ccc(N5CCNCC5=O)cc4)c4ccc(Cl)cc43)[C@H]2C)cc1. The molecular weight excluding hydrogens is 684 g/mol. The first kappa shape index (κ1) is 35.7. The lowest BCUT2D eigenvalue weighted by Crippen LogP contribution is -2.52. The van der Waals surface area contributed by atoms with E-state index in [1.165, 1.54) is 5.19 Å². The molecule has 3 aromatic carbocycles. The molecule has 0 unspecified atom stereocenters. The van der Waals surface area contributed by atoms with Gasteiger partial charge in [-0.2, -0.15) is 0 Å². The van der Waals surface area contributed by atoms with Crippen molar-refractivity contribution in [3.05, 3.63) is 82.9 Å². The van der Waals surface area contributed by atoms with Crippen LogP contribution in [0.15, 0.2) is 66.7 Å². The number of carbonyl (C=O) groups is 3. The first-order valence-electron chi connectivity index (χ1n) is 17.9. The van der Waals surface area contributed by atoms with Gasteiger partial charge in [0.25, 0.3) is 5.91 Å². The van der Waals surface area contributed by atoms with Crippen molar-refractivity contribution in [2.75, 3.05) is 49.7 Å². The van der Waals surface area contributed by atoms with Crippen LogP contribution in [0.2, 0.25) is 23.7 Å². The Labute approximate surface area is 305 Å². The van der Waals surface area contributed by atoms with E-state index in [0.29, 0.717) is 31.2 Å². The molecule has 5 atom stereocenters. The van der Waals surface area contributed by atoms with Crippen LogP contribution in [-0.2, 0) is 31.3 Å². The Bertz CT molecular complexity index is 1810. The molecule has 2 N–H and O–H groups in total. The third kappa shape index (κ3) is 6.16. The summed E-state index contributed by atoms with van der Waals surface area (Å²) in [5.74, 6) is 0.292. The highest BCUT2D eigenvalue weighted by Crippen LogP contribution is 2.60. The van der Waals surface area contributed by atoms with Crippen LogP contribution in [0, 0.1) is 5.92 Å². The van der Waals surface area contributed by atoms with E-state index in [0.717, 1.165) is 47.6 Å². The predicted octanol–water partition coefficient (Wildman–Crippen LogP) is 4.42. The van der Waals surface area contributed by atoms with E-state index in [1.807, 2.05) is 48.5 Å². The maximum Gasteiger partial charge on any atom is 0.264 e. The van der Waals surface area contributed by atoms with Gasteiger partial charge in [-0.05, 0) is 66.4 Å². The minimum absolute atomic E-state index is 0.0316. The summed E-state index contributed by atoms with van der Waals surface area (Å²) < 4.78 is 12.6. The number of ether oxygens (including phenoxy) is 2. The molecule has 7 rings (SSSR count). The van der Waals surface area contributed by atoms with Crippen LogP contribution in [0.5, 0.6) is 5.75 Å². The number of anilines is 2. The van der Waals surface area contributed by atoms with Crippen LogP contribution in [0.25, 0.3) is 0 Å². The van der Waals surface area contributed by atoms with E-state index < -0.39 is 19.8 Å². The van der Waals surface area contributed by atoms with E-state index in [2.05, 4.69) is 37.5 Å². The van der Waals surface area contributed by atoms with Gasteiger partial charge in [0.15, 0.2) is 5.60 Å². The lowest BCUT2D eigenvalue weighted by Gasteiger charge is -2.37. The summed E-state index contributed by atoms with van der Waals surface area (Å²) in [6, 6.07) is 21.3. The molecule has 0 saturated carbocycles. The smallest absolute Gasteiger partial charge is 0.264 e. The van der Waals surface area contributed by atoms with E-state index in [1.54, 1.807) is 27.9 Å². The molecule has 3 saturated heterocycles. The molecule has 4 aliphatic heterocycles. The van der Waals surface area contributed by atoms with E-state index in [4.69, 9.17) is 21.1 Å². The van der Waals surface area contributed by atoms with Gasteiger partial charge in [0.1, 0.15) is 5.75 Å². The number of aliphatic hydroxyl groups excluding tert-OH is 1. The van der Waals surface area contributed by atoms with E-state index in [9.17, 15) is 14.7 Å². The molecule has 270 valence electrons. The molecule has 0 bridgehead atoms. The number of benzene rings is 3. The predicted molar refractivity (Wildman–Crippen MR) is 200 cm³/mol. The number of piperazine rings is 1. The number of halogens is 1. The number of fused-ring (bicyclic) bond motifs is 2. The summed E-state index contributed by atoms with van der Waals surface area (Å²) >= 11 is 6.67.